The molecule has 1 rings (SSSR count). The molecule has 0 bridgehead atoms. The maximum atomic E-state index is 4.15. The smallest absolute Gasteiger partial charge is 0.124 e. The van der Waals surface area contributed by atoms with E-state index in [1.807, 2.05) is 19.2 Å². The largest absolute Gasteiger partial charge is 0.233 e. The van der Waals surface area contributed by atoms with Gasteiger partial charge in [0.1, 0.15) is 5.69 Å². The Morgan fingerprint density at radius 2 is 2.44 bits per heavy atom. The van der Waals surface area contributed by atoms with Crippen LogP contribution in [-0.2, 0) is 0 Å². The van der Waals surface area contributed by atoms with Gasteiger partial charge in [0.2, 0.25) is 0 Å². The minimum Gasteiger partial charge on any atom is -0.233 e. The summed E-state index contributed by atoms with van der Waals surface area (Å²) in [6.45, 7) is 3.79. The molecule has 0 atom stereocenters. The van der Waals surface area contributed by atoms with Crippen LogP contribution >= 0.6 is 11.3 Å². The molecule has 0 saturated heterocycles. The minimum atomic E-state index is 0.889. The van der Waals surface area contributed by atoms with Crippen LogP contribution in [0.2, 0.25) is 0 Å². The summed E-state index contributed by atoms with van der Waals surface area (Å²) >= 11 is 1.63. The van der Waals surface area contributed by atoms with Crippen LogP contribution in [0.25, 0.3) is 0 Å². The van der Waals surface area contributed by atoms with Crippen LogP contribution in [0.3, 0.4) is 0 Å². The van der Waals surface area contributed by atoms with E-state index in [1.54, 1.807) is 11.3 Å². The van der Waals surface area contributed by atoms with Crippen molar-refractivity contribution in [1.29, 1.82) is 0 Å². The molecular weight excluding hydrogens is 130 g/mol. The van der Waals surface area contributed by atoms with Gasteiger partial charge in [-0.25, -0.2) is 4.98 Å². The van der Waals surface area contributed by atoms with Gasteiger partial charge in [-0.3, -0.25) is 0 Å². The summed E-state index contributed by atoms with van der Waals surface area (Å²) in [5, 5.41) is 3.04. The van der Waals surface area contributed by atoms with Crippen LogP contribution < -0.4 is 0 Å². The molecule has 0 aliphatic rings. The van der Waals surface area contributed by atoms with Crippen molar-refractivity contribution in [2.75, 3.05) is 0 Å². The lowest BCUT2D eigenvalue weighted by Crippen LogP contribution is -1.71. The molecule has 1 heterocycles. The first-order chi connectivity index (χ1) is 4.33. The third kappa shape index (κ3) is 1.55. The fourth-order valence-electron chi connectivity index (χ4n) is 0.549. The second-order valence-corrected chi connectivity index (χ2v) is 2.69. The predicted molar refractivity (Wildman–Crippen MR) is 39.4 cm³/mol. The number of hydrogen-bond donors (Lipinski definition) is 0. The van der Waals surface area contributed by atoms with Gasteiger partial charge >= 0.3 is 0 Å². The Kier molecular flexibility index (Phi) is 1.86. The van der Waals surface area contributed by atoms with Crippen molar-refractivity contribution in [1.82, 2.24) is 4.98 Å². The molecule has 0 spiro atoms. The topological polar surface area (TPSA) is 12.9 Å². The third-order valence-corrected chi connectivity index (χ3v) is 1.65. The van der Waals surface area contributed by atoms with E-state index < -0.39 is 0 Å². The van der Waals surface area contributed by atoms with E-state index in [4.69, 9.17) is 0 Å². The normalized spacial score (nSPS) is 8.22. The second-order valence-electron chi connectivity index (χ2n) is 1.63. The molecule has 0 N–H and O–H groups in total. The van der Waals surface area contributed by atoms with Crippen molar-refractivity contribution in [2.24, 2.45) is 0 Å². The molecule has 1 nitrogen and oxygen atoms in total. The molecule has 0 radical (unpaired) electrons. The lowest BCUT2D eigenvalue weighted by atomic mass is 10.5. The standard InChI is InChI=1S/C7H7NS/c1-3-4-7-5-9-6(2)8-7/h5H,1-2H3. The SMILES string of the molecule is CC#Cc1csc(C)n1. The highest BCUT2D eigenvalue weighted by atomic mass is 32.1. The fourth-order valence-corrected chi connectivity index (χ4v) is 1.09. The van der Waals surface area contributed by atoms with Crippen LogP contribution in [0.1, 0.15) is 17.6 Å². The highest BCUT2D eigenvalue weighted by Crippen LogP contribution is 2.05. The molecule has 1 aromatic rings. The average molecular weight is 137 g/mol. The van der Waals surface area contributed by atoms with Gasteiger partial charge < -0.3 is 0 Å². The number of aromatic nitrogens is 1. The van der Waals surface area contributed by atoms with Gasteiger partial charge in [-0.2, -0.15) is 0 Å². The molecule has 0 aliphatic heterocycles. The molecule has 46 valence electrons. The monoisotopic (exact) mass is 137 g/mol. The Hall–Kier alpha value is -0.810. The summed E-state index contributed by atoms with van der Waals surface area (Å²) in [7, 11) is 0. The molecule has 0 aliphatic carbocycles. The Morgan fingerprint density at radius 1 is 1.67 bits per heavy atom. The number of hydrogen-bond acceptors (Lipinski definition) is 2. The van der Waals surface area contributed by atoms with E-state index in [9.17, 15) is 0 Å². The van der Waals surface area contributed by atoms with E-state index in [2.05, 4.69) is 16.8 Å². The number of nitrogens with zero attached hydrogens (tertiary/aromatic N) is 1. The zero-order valence-corrected chi connectivity index (χ0v) is 6.25. The fraction of sp³-hybridized carbons (Fsp3) is 0.286. The molecule has 9 heavy (non-hydrogen) atoms. The van der Waals surface area contributed by atoms with Gasteiger partial charge in [-0.1, -0.05) is 5.92 Å². The number of thiazole rings is 1. The maximum absolute atomic E-state index is 4.15. The summed E-state index contributed by atoms with van der Waals surface area (Å²) < 4.78 is 0. The summed E-state index contributed by atoms with van der Waals surface area (Å²) in [4.78, 5) is 4.15. The summed E-state index contributed by atoms with van der Waals surface area (Å²) in [6, 6.07) is 0. The first kappa shape index (κ1) is 6.31. The lowest BCUT2D eigenvalue weighted by molar-refractivity contribution is 1.27. The Labute approximate surface area is 58.8 Å². The van der Waals surface area contributed by atoms with Gasteiger partial charge in [0.15, 0.2) is 0 Å². The van der Waals surface area contributed by atoms with Crippen LogP contribution in [0.5, 0.6) is 0 Å². The molecule has 2 heteroatoms. The molecule has 0 aromatic carbocycles. The zero-order chi connectivity index (χ0) is 6.69. The quantitative estimate of drug-likeness (QED) is 0.497. The van der Waals surface area contributed by atoms with Crippen LogP contribution in [0.15, 0.2) is 5.38 Å². The Morgan fingerprint density at radius 3 is 2.89 bits per heavy atom. The van der Waals surface area contributed by atoms with Crippen LogP contribution in [-0.4, -0.2) is 4.98 Å². The van der Waals surface area contributed by atoms with Crippen molar-refractivity contribution < 1.29 is 0 Å². The van der Waals surface area contributed by atoms with E-state index in [0.29, 0.717) is 0 Å². The van der Waals surface area contributed by atoms with E-state index in [1.165, 1.54) is 0 Å². The van der Waals surface area contributed by atoms with Gasteiger partial charge in [0.05, 0.1) is 5.01 Å². The van der Waals surface area contributed by atoms with E-state index in [0.717, 1.165) is 10.7 Å². The van der Waals surface area contributed by atoms with Crippen molar-refractivity contribution in [2.45, 2.75) is 13.8 Å². The molecule has 0 amide bonds. The average Bonchev–Trinajstić information content (AvgIpc) is 2.17. The van der Waals surface area contributed by atoms with Crippen molar-refractivity contribution in [3.05, 3.63) is 16.1 Å². The van der Waals surface area contributed by atoms with Gasteiger partial charge in [0, 0.05) is 5.38 Å². The minimum absolute atomic E-state index is 0.889. The first-order valence-corrected chi connectivity index (χ1v) is 3.56. The maximum Gasteiger partial charge on any atom is 0.124 e. The summed E-state index contributed by atoms with van der Waals surface area (Å²) in [5.41, 5.74) is 0.889. The number of rotatable bonds is 0. The zero-order valence-electron chi connectivity index (χ0n) is 5.43. The first-order valence-electron chi connectivity index (χ1n) is 2.68. The van der Waals surface area contributed by atoms with E-state index >= 15 is 0 Å². The van der Waals surface area contributed by atoms with Crippen molar-refractivity contribution in [3.8, 4) is 11.8 Å². The highest BCUT2D eigenvalue weighted by molar-refractivity contribution is 7.09. The van der Waals surface area contributed by atoms with Gasteiger partial charge in [0.25, 0.3) is 0 Å². The van der Waals surface area contributed by atoms with Gasteiger partial charge in [-0.15, -0.1) is 11.3 Å². The van der Waals surface area contributed by atoms with Gasteiger partial charge in [-0.05, 0) is 19.8 Å². The summed E-state index contributed by atoms with van der Waals surface area (Å²) in [5.74, 6) is 5.67. The van der Waals surface area contributed by atoms with Crippen LogP contribution in [0, 0.1) is 18.8 Å². The van der Waals surface area contributed by atoms with Crippen LogP contribution in [0.4, 0.5) is 0 Å². The highest BCUT2D eigenvalue weighted by Gasteiger charge is 1.89. The molecule has 0 unspecified atom stereocenters. The summed E-state index contributed by atoms with van der Waals surface area (Å²) in [6.07, 6.45) is 0. The Balaban J connectivity index is 2.93. The third-order valence-electron chi connectivity index (χ3n) is 0.872. The van der Waals surface area contributed by atoms with Crippen molar-refractivity contribution in [3.63, 3.8) is 0 Å². The number of aryl methyl sites for hydroxylation is 1. The Bertz CT molecular complexity index is 251. The second kappa shape index (κ2) is 2.65. The predicted octanol–water partition coefficient (Wildman–Crippen LogP) is 1.82. The molecule has 0 saturated carbocycles. The molecule has 1 aromatic heterocycles. The molecular formula is C7H7NS. The lowest BCUT2D eigenvalue weighted by Gasteiger charge is -1.72. The van der Waals surface area contributed by atoms with Crippen molar-refractivity contribution >= 4 is 11.3 Å². The molecule has 0 fully saturated rings. The van der Waals surface area contributed by atoms with E-state index in [-0.39, 0.29) is 0 Å².